The first-order chi connectivity index (χ1) is 18.0. The van der Waals surface area contributed by atoms with E-state index in [2.05, 4.69) is 19.7 Å². The molecule has 1 unspecified atom stereocenters. The Labute approximate surface area is 222 Å². The largest absolute Gasteiger partial charge is 0.383 e. The number of carbonyl (C=O) groups excluding carboxylic acids is 1. The minimum absolute atomic E-state index is 0.106. The predicted octanol–water partition coefficient (Wildman–Crippen LogP) is 3.17. The zero-order valence-corrected chi connectivity index (χ0v) is 22.7. The van der Waals surface area contributed by atoms with Gasteiger partial charge in [0.25, 0.3) is 15.9 Å². The lowest BCUT2D eigenvalue weighted by Crippen LogP contribution is -2.34. The summed E-state index contributed by atoms with van der Waals surface area (Å²) in [5.41, 5.74) is 10.8. The maximum Gasteiger partial charge on any atom is 0.261 e. The first-order valence-electron chi connectivity index (χ1n) is 12.3. The fraction of sp³-hybridized carbons (Fsp3) is 0.296. The van der Waals surface area contributed by atoms with Crippen molar-refractivity contribution in [2.45, 2.75) is 31.2 Å². The third-order valence-corrected chi connectivity index (χ3v) is 8.42. The minimum Gasteiger partial charge on any atom is -0.383 e. The molecule has 3 N–H and O–H groups in total. The molecule has 1 aliphatic rings. The third kappa shape index (κ3) is 4.70. The number of likely N-dealkylation sites (tertiary alicyclic amines) is 1. The number of aromatic nitrogens is 3. The van der Waals surface area contributed by atoms with Gasteiger partial charge in [-0.05, 0) is 75.3 Å². The maximum atomic E-state index is 13.2. The number of likely N-dealkylation sites (N-methyl/N-ethyl adjacent to an activating group) is 1. The van der Waals surface area contributed by atoms with Crippen molar-refractivity contribution in [3.05, 3.63) is 71.5 Å². The van der Waals surface area contributed by atoms with Gasteiger partial charge in [0.2, 0.25) is 0 Å². The molecule has 1 amide bonds. The number of sulfonamides is 1. The summed E-state index contributed by atoms with van der Waals surface area (Å²) in [4.78, 5) is 21.9. The number of nitrogens with two attached hydrogens (primary N) is 1. The molecule has 4 aromatic rings. The van der Waals surface area contributed by atoms with Crippen LogP contribution in [0.3, 0.4) is 0 Å². The van der Waals surface area contributed by atoms with Crippen molar-refractivity contribution in [2.75, 3.05) is 37.6 Å². The third-order valence-electron chi connectivity index (χ3n) is 7.04. The summed E-state index contributed by atoms with van der Waals surface area (Å²) in [5, 5.41) is 4.37. The SMILES string of the molecule is Cc1cccc(S(=O)(=O)Nc2ccc(-c3cnc4c(C(=O)N5CCC(N(C)C)C5)cnn4c3N)c(C)c2)c1. The topological polar surface area (TPSA) is 126 Å². The highest BCUT2D eigenvalue weighted by atomic mass is 32.2. The fourth-order valence-corrected chi connectivity index (χ4v) is 6.00. The Morgan fingerprint density at radius 2 is 1.89 bits per heavy atom. The number of nitrogens with zero attached hydrogens (tertiary/aromatic N) is 5. The van der Waals surface area contributed by atoms with Gasteiger partial charge in [-0.25, -0.2) is 13.4 Å². The van der Waals surface area contributed by atoms with Gasteiger partial charge in [0, 0.05) is 36.6 Å². The average molecular weight is 534 g/mol. The molecule has 3 heterocycles. The molecular weight excluding hydrogens is 502 g/mol. The van der Waals surface area contributed by atoms with Crippen LogP contribution < -0.4 is 10.5 Å². The summed E-state index contributed by atoms with van der Waals surface area (Å²) >= 11 is 0. The second-order valence-electron chi connectivity index (χ2n) is 9.96. The van der Waals surface area contributed by atoms with Gasteiger partial charge in [-0.15, -0.1) is 0 Å². The van der Waals surface area contributed by atoms with Crippen LogP contribution in [0.25, 0.3) is 16.8 Å². The van der Waals surface area contributed by atoms with Crippen LogP contribution >= 0.6 is 0 Å². The van der Waals surface area contributed by atoms with E-state index in [0.29, 0.717) is 47.4 Å². The van der Waals surface area contributed by atoms with E-state index in [4.69, 9.17) is 5.73 Å². The molecule has 2 aromatic heterocycles. The van der Waals surface area contributed by atoms with E-state index in [9.17, 15) is 13.2 Å². The molecule has 1 fully saturated rings. The van der Waals surface area contributed by atoms with E-state index in [-0.39, 0.29) is 10.8 Å². The lowest BCUT2D eigenvalue weighted by Gasteiger charge is -2.20. The Bertz CT molecular complexity index is 1650. The lowest BCUT2D eigenvalue weighted by molar-refractivity contribution is 0.0784. The molecule has 10 nitrogen and oxygen atoms in total. The van der Waals surface area contributed by atoms with Crippen LogP contribution in [0.4, 0.5) is 11.5 Å². The monoisotopic (exact) mass is 533 g/mol. The van der Waals surface area contributed by atoms with Gasteiger partial charge in [-0.3, -0.25) is 9.52 Å². The van der Waals surface area contributed by atoms with Gasteiger partial charge in [0.05, 0.1) is 11.1 Å². The smallest absolute Gasteiger partial charge is 0.261 e. The van der Waals surface area contributed by atoms with Crippen LogP contribution in [0.2, 0.25) is 0 Å². The molecule has 2 aromatic carbocycles. The lowest BCUT2D eigenvalue weighted by atomic mass is 10.0. The van der Waals surface area contributed by atoms with E-state index in [1.54, 1.807) is 42.6 Å². The van der Waals surface area contributed by atoms with Crippen LogP contribution in [-0.2, 0) is 10.0 Å². The van der Waals surface area contributed by atoms with Crippen LogP contribution in [0.5, 0.6) is 0 Å². The van der Waals surface area contributed by atoms with Crippen molar-refractivity contribution in [1.82, 2.24) is 24.4 Å². The second kappa shape index (κ2) is 9.73. The fourth-order valence-electron chi connectivity index (χ4n) is 4.85. The van der Waals surface area contributed by atoms with Crippen molar-refractivity contribution in [2.24, 2.45) is 0 Å². The molecule has 198 valence electrons. The molecule has 5 rings (SSSR count). The molecule has 0 spiro atoms. The van der Waals surface area contributed by atoms with Gasteiger partial charge in [-0.2, -0.15) is 9.61 Å². The summed E-state index contributed by atoms with van der Waals surface area (Å²) in [7, 11) is 0.311. The van der Waals surface area contributed by atoms with Gasteiger partial charge >= 0.3 is 0 Å². The van der Waals surface area contributed by atoms with Crippen molar-refractivity contribution >= 4 is 33.1 Å². The molecule has 38 heavy (non-hydrogen) atoms. The van der Waals surface area contributed by atoms with Crippen molar-refractivity contribution in [3.63, 3.8) is 0 Å². The van der Waals surface area contributed by atoms with Crippen molar-refractivity contribution in [3.8, 4) is 11.1 Å². The number of nitrogen functional groups attached to an aromatic ring is 1. The summed E-state index contributed by atoms with van der Waals surface area (Å²) in [5.74, 6) is 0.239. The summed E-state index contributed by atoms with van der Waals surface area (Å²) in [6.45, 7) is 5.07. The normalized spacial score (nSPS) is 15.9. The highest BCUT2D eigenvalue weighted by Crippen LogP contribution is 2.32. The molecule has 1 saturated heterocycles. The summed E-state index contributed by atoms with van der Waals surface area (Å²) in [6.07, 6.45) is 4.08. The minimum atomic E-state index is -3.73. The first-order valence-corrected chi connectivity index (χ1v) is 13.8. The molecule has 1 aliphatic heterocycles. The maximum absolute atomic E-state index is 13.2. The Kier molecular flexibility index (Phi) is 6.58. The predicted molar refractivity (Wildman–Crippen MR) is 148 cm³/mol. The standard InChI is InChI=1S/C27H31N7O3S/c1-17-6-5-7-21(12-17)38(36,37)31-19-8-9-22(18(2)13-19)23-14-29-26-24(15-30-34(26)25(23)28)27(35)33-11-10-20(16-33)32(3)4/h5-9,12-15,20,31H,10-11,16,28H2,1-4H3. The van der Waals surface area contributed by atoms with E-state index >= 15 is 0 Å². The van der Waals surface area contributed by atoms with E-state index < -0.39 is 10.0 Å². The molecular formula is C27H31N7O3S. The van der Waals surface area contributed by atoms with Crippen LogP contribution in [-0.4, -0.2) is 71.9 Å². The van der Waals surface area contributed by atoms with Crippen molar-refractivity contribution < 1.29 is 13.2 Å². The molecule has 1 atom stereocenters. The first kappa shape index (κ1) is 25.7. The van der Waals surface area contributed by atoms with E-state index in [1.807, 2.05) is 38.9 Å². The van der Waals surface area contributed by atoms with Crippen LogP contribution in [0, 0.1) is 13.8 Å². The number of nitrogens with one attached hydrogen (secondary N) is 1. The molecule has 0 aliphatic carbocycles. The Morgan fingerprint density at radius 1 is 1.11 bits per heavy atom. The number of hydrogen-bond acceptors (Lipinski definition) is 7. The van der Waals surface area contributed by atoms with Gasteiger partial charge in [0.1, 0.15) is 11.4 Å². The molecule has 0 saturated carbocycles. The van der Waals surface area contributed by atoms with Gasteiger partial charge < -0.3 is 15.5 Å². The molecule has 0 radical (unpaired) electrons. The summed E-state index contributed by atoms with van der Waals surface area (Å²) < 4.78 is 29.8. The average Bonchev–Trinajstić information content (AvgIpc) is 3.53. The summed E-state index contributed by atoms with van der Waals surface area (Å²) in [6, 6.07) is 12.3. The number of carbonyl (C=O) groups is 1. The van der Waals surface area contributed by atoms with E-state index in [1.165, 1.54) is 10.7 Å². The van der Waals surface area contributed by atoms with Crippen LogP contribution in [0.15, 0.2) is 59.8 Å². The number of anilines is 2. The van der Waals surface area contributed by atoms with E-state index in [0.717, 1.165) is 23.1 Å². The number of amides is 1. The number of fused-ring (bicyclic) bond motifs is 1. The number of rotatable bonds is 6. The Morgan fingerprint density at radius 3 is 2.58 bits per heavy atom. The second-order valence-corrected chi connectivity index (χ2v) is 11.6. The van der Waals surface area contributed by atoms with Crippen molar-refractivity contribution in [1.29, 1.82) is 0 Å². The Hall–Kier alpha value is -3.96. The number of aryl methyl sites for hydroxylation is 2. The van der Waals surface area contributed by atoms with Gasteiger partial charge in [-0.1, -0.05) is 18.2 Å². The number of hydrogen-bond donors (Lipinski definition) is 2. The Balaban J connectivity index is 1.41. The molecule has 11 heteroatoms. The zero-order valence-electron chi connectivity index (χ0n) is 21.8. The quantitative estimate of drug-likeness (QED) is 0.390. The highest BCUT2D eigenvalue weighted by Gasteiger charge is 2.30. The van der Waals surface area contributed by atoms with Gasteiger partial charge in [0.15, 0.2) is 5.65 Å². The van der Waals surface area contributed by atoms with Crippen LogP contribution in [0.1, 0.15) is 27.9 Å². The zero-order chi connectivity index (χ0) is 27.2. The number of benzene rings is 2. The highest BCUT2D eigenvalue weighted by molar-refractivity contribution is 7.92. The molecule has 0 bridgehead atoms.